The van der Waals surface area contributed by atoms with E-state index < -0.39 is 12.1 Å². The molecule has 0 saturated heterocycles. The van der Waals surface area contributed by atoms with Gasteiger partial charge in [-0.25, -0.2) is 0 Å². The molecule has 0 radical (unpaired) electrons. The number of nitrogens with one attached hydrogen (secondary N) is 2. The maximum atomic E-state index is 11.7. The average molecular weight is 332 g/mol. The van der Waals surface area contributed by atoms with Crippen LogP contribution < -0.4 is 10.6 Å². The smallest absolute Gasteiger partial charge is 0.243 e. The first-order valence-corrected chi connectivity index (χ1v) is 8.33. The second-order valence-electron chi connectivity index (χ2n) is 6.32. The molecule has 0 bridgehead atoms. The maximum Gasteiger partial charge on any atom is 0.243 e. The van der Waals surface area contributed by atoms with E-state index in [1.807, 2.05) is 30.3 Å². The van der Waals surface area contributed by atoms with E-state index in [0.717, 1.165) is 12.0 Å². The first-order chi connectivity index (χ1) is 11.4. The van der Waals surface area contributed by atoms with Crippen LogP contribution in [0.4, 0.5) is 0 Å². The van der Waals surface area contributed by atoms with Crippen LogP contribution >= 0.6 is 0 Å². The number of carbonyl (C=O) groups is 2. The fourth-order valence-electron chi connectivity index (χ4n) is 2.25. The monoisotopic (exact) mass is 332 g/mol. The minimum atomic E-state index is -0.940. The fraction of sp³-hybridized carbons (Fsp3) is 0.474. The molecule has 0 fully saturated rings. The van der Waals surface area contributed by atoms with Gasteiger partial charge < -0.3 is 15.7 Å². The number of hydrogen-bond acceptors (Lipinski definition) is 3. The third kappa shape index (κ3) is 8.48. The van der Waals surface area contributed by atoms with E-state index in [4.69, 9.17) is 0 Å². The summed E-state index contributed by atoms with van der Waals surface area (Å²) >= 11 is 0. The van der Waals surface area contributed by atoms with Crippen LogP contribution in [0.5, 0.6) is 0 Å². The van der Waals surface area contributed by atoms with Crippen LogP contribution in [0, 0.1) is 5.92 Å². The summed E-state index contributed by atoms with van der Waals surface area (Å²) in [5, 5.41) is 15.8. The molecule has 0 aliphatic heterocycles. The van der Waals surface area contributed by atoms with Gasteiger partial charge in [-0.3, -0.25) is 9.59 Å². The molecule has 0 saturated carbocycles. The van der Waals surface area contributed by atoms with Crippen LogP contribution in [0.25, 0.3) is 0 Å². The number of benzene rings is 1. The zero-order valence-corrected chi connectivity index (χ0v) is 14.7. The van der Waals surface area contributed by atoms with Crippen molar-refractivity contribution in [1.29, 1.82) is 0 Å². The molecule has 1 aromatic rings. The minimum Gasteiger partial charge on any atom is -0.387 e. The molecule has 0 aromatic heterocycles. The van der Waals surface area contributed by atoms with Crippen LogP contribution in [0.1, 0.15) is 32.8 Å². The van der Waals surface area contributed by atoms with E-state index in [1.165, 1.54) is 19.1 Å². The molecule has 1 aromatic carbocycles. The molecule has 3 N–H and O–H groups in total. The predicted molar refractivity (Wildman–Crippen MR) is 95.4 cm³/mol. The van der Waals surface area contributed by atoms with Crippen molar-refractivity contribution in [3.63, 3.8) is 0 Å². The Morgan fingerprint density at radius 1 is 1.21 bits per heavy atom. The Morgan fingerprint density at radius 2 is 1.88 bits per heavy atom. The predicted octanol–water partition coefficient (Wildman–Crippen LogP) is 1.81. The van der Waals surface area contributed by atoms with Gasteiger partial charge in [0.2, 0.25) is 11.8 Å². The van der Waals surface area contributed by atoms with Gasteiger partial charge in [0.25, 0.3) is 0 Å². The molecular formula is C19H28N2O3. The Hall–Kier alpha value is -2.14. The van der Waals surface area contributed by atoms with Gasteiger partial charge in [0.15, 0.2) is 0 Å². The van der Waals surface area contributed by atoms with E-state index in [2.05, 4.69) is 24.5 Å². The van der Waals surface area contributed by atoms with Crippen LogP contribution in [0.15, 0.2) is 42.5 Å². The summed E-state index contributed by atoms with van der Waals surface area (Å²) in [5.41, 5.74) is 1.00. The Balaban J connectivity index is 2.60. The summed E-state index contributed by atoms with van der Waals surface area (Å²) in [7, 11) is 0. The van der Waals surface area contributed by atoms with Gasteiger partial charge in [-0.2, -0.15) is 0 Å². The highest BCUT2D eigenvalue weighted by molar-refractivity contribution is 5.87. The van der Waals surface area contributed by atoms with Gasteiger partial charge in [-0.05, 0) is 30.4 Å². The quantitative estimate of drug-likeness (QED) is 0.604. The SMILES string of the molecule is CC(=O)NC(Cc1ccccc1)C(O)/C=C\C(=O)NCCC(C)C. The molecule has 0 spiro atoms. The van der Waals surface area contributed by atoms with E-state index in [-0.39, 0.29) is 11.8 Å². The van der Waals surface area contributed by atoms with Gasteiger partial charge in [-0.1, -0.05) is 44.2 Å². The van der Waals surface area contributed by atoms with Gasteiger partial charge in [0, 0.05) is 19.5 Å². The third-order valence-corrected chi connectivity index (χ3v) is 3.57. The van der Waals surface area contributed by atoms with Crippen molar-refractivity contribution in [3.8, 4) is 0 Å². The van der Waals surface area contributed by atoms with Crippen molar-refractivity contribution >= 4 is 11.8 Å². The average Bonchev–Trinajstić information content (AvgIpc) is 2.52. The number of hydrogen-bond donors (Lipinski definition) is 3. The molecule has 2 unspecified atom stereocenters. The number of aliphatic hydroxyl groups is 1. The third-order valence-electron chi connectivity index (χ3n) is 3.57. The highest BCUT2D eigenvalue weighted by Crippen LogP contribution is 2.07. The molecule has 0 heterocycles. The molecular weight excluding hydrogens is 304 g/mol. The Morgan fingerprint density at radius 3 is 2.46 bits per heavy atom. The summed E-state index contributed by atoms with van der Waals surface area (Å²) in [6.45, 7) is 6.20. The Labute approximate surface area is 144 Å². The number of rotatable bonds is 9. The highest BCUT2D eigenvalue weighted by Gasteiger charge is 2.18. The lowest BCUT2D eigenvalue weighted by atomic mass is 10.0. The lowest BCUT2D eigenvalue weighted by Gasteiger charge is -2.21. The zero-order chi connectivity index (χ0) is 17.9. The van der Waals surface area contributed by atoms with Crippen molar-refractivity contribution in [2.45, 2.75) is 45.8 Å². The number of amides is 2. The molecule has 24 heavy (non-hydrogen) atoms. The first kappa shape index (κ1) is 19.9. The summed E-state index contributed by atoms with van der Waals surface area (Å²) in [4.78, 5) is 23.1. The number of carbonyl (C=O) groups excluding carboxylic acids is 2. The van der Waals surface area contributed by atoms with Crippen molar-refractivity contribution in [1.82, 2.24) is 10.6 Å². The van der Waals surface area contributed by atoms with E-state index >= 15 is 0 Å². The molecule has 5 heteroatoms. The molecule has 0 aliphatic rings. The summed E-state index contributed by atoms with van der Waals surface area (Å²) < 4.78 is 0. The Bertz CT molecular complexity index is 541. The van der Waals surface area contributed by atoms with Crippen molar-refractivity contribution in [2.24, 2.45) is 5.92 Å². The summed E-state index contributed by atoms with van der Waals surface area (Å²) in [6, 6.07) is 9.11. The van der Waals surface area contributed by atoms with Crippen molar-refractivity contribution in [3.05, 3.63) is 48.0 Å². The van der Waals surface area contributed by atoms with Gasteiger partial charge in [0.1, 0.15) is 0 Å². The topological polar surface area (TPSA) is 78.4 Å². The summed E-state index contributed by atoms with van der Waals surface area (Å²) in [5.74, 6) is 0.0654. The van der Waals surface area contributed by atoms with Crippen LogP contribution in [-0.4, -0.2) is 35.6 Å². The van der Waals surface area contributed by atoms with E-state index in [9.17, 15) is 14.7 Å². The van der Waals surface area contributed by atoms with Gasteiger partial charge >= 0.3 is 0 Å². The lowest BCUT2D eigenvalue weighted by Crippen LogP contribution is -2.43. The molecule has 2 amide bonds. The second-order valence-corrected chi connectivity index (χ2v) is 6.32. The Kier molecular flexibility index (Phi) is 8.79. The minimum absolute atomic E-state index is 0.218. The summed E-state index contributed by atoms with van der Waals surface area (Å²) in [6.07, 6.45) is 3.20. The van der Waals surface area contributed by atoms with Crippen LogP contribution in [0.3, 0.4) is 0 Å². The number of aliphatic hydroxyl groups excluding tert-OH is 1. The molecule has 2 atom stereocenters. The molecule has 1 rings (SSSR count). The van der Waals surface area contributed by atoms with Crippen LogP contribution in [-0.2, 0) is 16.0 Å². The normalized spacial score (nSPS) is 13.7. The molecule has 5 nitrogen and oxygen atoms in total. The second kappa shape index (κ2) is 10.6. The fourth-order valence-corrected chi connectivity index (χ4v) is 2.25. The van der Waals surface area contributed by atoms with E-state index in [0.29, 0.717) is 18.9 Å². The lowest BCUT2D eigenvalue weighted by molar-refractivity contribution is -0.120. The van der Waals surface area contributed by atoms with Crippen LogP contribution in [0.2, 0.25) is 0 Å². The van der Waals surface area contributed by atoms with E-state index in [1.54, 1.807) is 0 Å². The first-order valence-electron chi connectivity index (χ1n) is 8.33. The largest absolute Gasteiger partial charge is 0.387 e. The molecule has 0 aliphatic carbocycles. The highest BCUT2D eigenvalue weighted by atomic mass is 16.3. The standard InChI is InChI=1S/C19H28N2O3/c1-14(2)11-12-20-19(24)10-9-18(23)17(21-15(3)22)13-16-7-5-4-6-8-16/h4-10,14,17-18,23H,11-13H2,1-3H3,(H,20,24)(H,21,22)/b10-9-. The molecule has 132 valence electrons. The van der Waals surface area contributed by atoms with Crippen molar-refractivity contribution in [2.75, 3.05) is 6.54 Å². The zero-order valence-electron chi connectivity index (χ0n) is 14.7. The van der Waals surface area contributed by atoms with Gasteiger partial charge in [-0.15, -0.1) is 0 Å². The van der Waals surface area contributed by atoms with Gasteiger partial charge in [0.05, 0.1) is 12.1 Å². The van der Waals surface area contributed by atoms with Crippen molar-refractivity contribution < 1.29 is 14.7 Å². The maximum absolute atomic E-state index is 11.7.